The fourth-order valence-electron chi connectivity index (χ4n) is 5.47. The van der Waals surface area contributed by atoms with Crippen LogP contribution in [0.25, 0.3) is 0 Å². The third-order valence-electron chi connectivity index (χ3n) is 8.22. The molecule has 0 atom stereocenters. The summed E-state index contributed by atoms with van der Waals surface area (Å²) in [5.41, 5.74) is 2.65. The van der Waals surface area contributed by atoms with Gasteiger partial charge in [-0.15, -0.1) is 0 Å². The highest BCUT2D eigenvalue weighted by Crippen LogP contribution is 2.34. The van der Waals surface area contributed by atoms with Crippen LogP contribution in [0.3, 0.4) is 0 Å². The molecule has 13 heteroatoms. The van der Waals surface area contributed by atoms with Crippen molar-refractivity contribution in [3.63, 3.8) is 0 Å². The van der Waals surface area contributed by atoms with Crippen LogP contribution in [0.5, 0.6) is 5.75 Å². The average molecular weight is 686 g/mol. The number of carbonyl (C=O) groups excluding carboxylic acids is 2. The minimum Gasteiger partial charge on any atom is -0.492 e. The predicted molar refractivity (Wildman–Crippen MR) is 179 cm³/mol. The molecule has 0 unspecified atom stereocenters. The number of sulfone groups is 1. The summed E-state index contributed by atoms with van der Waals surface area (Å²) in [5.74, 6) is -6.67. The molecule has 0 saturated heterocycles. The Labute approximate surface area is 279 Å². The molecule has 0 radical (unpaired) electrons. The molecule has 0 heterocycles. The number of ether oxygens (including phenoxy) is 1. The molecule has 3 aromatic rings. The lowest BCUT2D eigenvalue weighted by Crippen LogP contribution is -2.42. The van der Waals surface area contributed by atoms with Gasteiger partial charge in [0.25, 0.3) is 5.91 Å². The molecule has 0 aromatic heterocycles. The molecule has 258 valence electrons. The van der Waals surface area contributed by atoms with Crippen LogP contribution < -0.4 is 20.3 Å². The number of halogens is 2. The van der Waals surface area contributed by atoms with E-state index in [1.54, 1.807) is 18.2 Å². The minimum absolute atomic E-state index is 0.0299. The number of rotatable bonds is 14. The molecular formula is C35H41F2N3O7S. The fourth-order valence-corrected chi connectivity index (χ4v) is 6.30. The lowest BCUT2D eigenvalue weighted by Gasteiger charge is -2.26. The number of carboxylic acid groups (broad SMARTS) is 1. The highest BCUT2D eigenvalue weighted by atomic mass is 32.2. The number of nitrogens with one attached hydrogen (secondary N) is 2. The highest BCUT2D eigenvalue weighted by molar-refractivity contribution is 7.90. The van der Waals surface area contributed by atoms with E-state index in [-0.39, 0.29) is 28.4 Å². The van der Waals surface area contributed by atoms with Crippen LogP contribution >= 0.6 is 0 Å². The van der Waals surface area contributed by atoms with Crippen LogP contribution in [0.15, 0.2) is 71.6 Å². The second kappa shape index (κ2) is 16.1. The molecule has 1 saturated carbocycles. The smallest absolute Gasteiger partial charge is 0.376 e. The van der Waals surface area contributed by atoms with Crippen LogP contribution in [0.1, 0.15) is 79.3 Å². The summed E-state index contributed by atoms with van der Waals surface area (Å²) in [7, 11) is -3.69. The summed E-state index contributed by atoms with van der Waals surface area (Å²) in [4.78, 5) is 38.3. The van der Waals surface area contributed by atoms with Gasteiger partial charge in [-0.05, 0) is 78.8 Å². The van der Waals surface area contributed by atoms with Gasteiger partial charge in [-0.2, -0.15) is 8.78 Å². The summed E-state index contributed by atoms with van der Waals surface area (Å²) >= 11 is 0. The predicted octanol–water partition coefficient (Wildman–Crippen LogP) is 7.01. The average Bonchev–Trinajstić information content (AvgIpc) is 3.07. The number of hydrogen-bond acceptors (Lipinski definition) is 6. The Bertz CT molecular complexity index is 1690. The van der Waals surface area contributed by atoms with Crippen LogP contribution in [-0.2, 0) is 21.2 Å². The Hall–Kier alpha value is -4.52. The zero-order chi connectivity index (χ0) is 34.9. The van der Waals surface area contributed by atoms with Gasteiger partial charge in [0.1, 0.15) is 10.6 Å². The molecule has 3 aromatic carbocycles. The Morgan fingerprint density at radius 3 is 2.25 bits per heavy atom. The number of aliphatic carboxylic acids is 1. The topological polar surface area (TPSA) is 142 Å². The number of nitrogens with zero attached hydrogens (tertiary/aromatic N) is 1. The number of anilines is 2. The first-order valence-corrected chi connectivity index (χ1v) is 17.8. The first-order valence-electron chi connectivity index (χ1n) is 15.9. The highest BCUT2D eigenvalue weighted by Gasteiger charge is 2.39. The van der Waals surface area contributed by atoms with Crippen LogP contribution in [0.2, 0.25) is 0 Å². The van der Waals surface area contributed by atoms with Gasteiger partial charge in [0.15, 0.2) is 9.84 Å². The Balaban J connectivity index is 1.57. The Kier molecular flexibility index (Phi) is 12.1. The van der Waals surface area contributed by atoms with Gasteiger partial charge >= 0.3 is 17.9 Å². The minimum atomic E-state index is -4.11. The first-order chi connectivity index (χ1) is 22.8. The normalized spacial score (nSPS) is 13.8. The molecule has 0 spiro atoms. The number of hydrogen-bond donors (Lipinski definition) is 3. The number of benzene rings is 3. The number of unbranched alkanes of at least 4 members (excludes halogenated alkanes) is 1. The van der Waals surface area contributed by atoms with E-state index in [0.717, 1.165) is 31.9 Å². The van der Waals surface area contributed by atoms with E-state index in [2.05, 4.69) is 5.32 Å². The van der Waals surface area contributed by atoms with E-state index in [4.69, 9.17) is 9.84 Å². The largest absolute Gasteiger partial charge is 0.492 e. The second-order valence-electron chi connectivity index (χ2n) is 12.0. The van der Waals surface area contributed by atoms with Crippen molar-refractivity contribution in [3.8, 4) is 5.75 Å². The molecule has 1 fully saturated rings. The summed E-state index contributed by atoms with van der Waals surface area (Å²) in [5, 5.41) is 13.3. The van der Waals surface area contributed by atoms with Crippen LogP contribution in [-0.4, -0.2) is 56.8 Å². The number of carbonyl (C=O) groups is 3. The maximum absolute atomic E-state index is 13.8. The molecule has 1 aliphatic rings. The summed E-state index contributed by atoms with van der Waals surface area (Å²) in [6.45, 7) is 1.03. The molecular weight excluding hydrogens is 644 g/mol. The SMILES string of the molecule is CCCCOc1ccc(NC(=O)N(Cc2ccc(C(=O)NCC(F)(F)C(=O)O)cc2)c2ccc(C3CCCCC3)cc2)cc1S(C)(=O)=O. The quantitative estimate of drug-likeness (QED) is 0.155. The van der Waals surface area contributed by atoms with Gasteiger partial charge in [-0.1, -0.05) is 56.9 Å². The van der Waals surface area contributed by atoms with Crippen molar-refractivity contribution in [1.29, 1.82) is 0 Å². The Morgan fingerprint density at radius 1 is 0.979 bits per heavy atom. The van der Waals surface area contributed by atoms with E-state index >= 15 is 0 Å². The second-order valence-corrected chi connectivity index (χ2v) is 14.0. The third kappa shape index (κ3) is 9.75. The molecule has 4 rings (SSSR count). The van der Waals surface area contributed by atoms with Crippen molar-refractivity contribution in [2.75, 3.05) is 29.6 Å². The molecule has 0 aliphatic heterocycles. The van der Waals surface area contributed by atoms with E-state index in [1.165, 1.54) is 54.0 Å². The number of alkyl halides is 2. The number of amides is 3. The van der Waals surface area contributed by atoms with Gasteiger partial charge in [0.2, 0.25) is 0 Å². The summed E-state index contributed by atoms with van der Waals surface area (Å²) in [6, 6.07) is 17.5. The third-order valence-corrected chi connectivity index (χ3v) is 9.34. The monoisotopic (exact) mass is 685 g/mol. The van der Waals surface area contributed by atoms with E-state index in [1.807, 2.05) is 36.5 Å². The van der Waals surface area contributed by atoms with E-state index < -0.39 is 40.2 Å². The van der Waals surface area contributed by atoms with Gasteiger partial charge < -0.3 is 20.5 Å². The van der Waals surface area contributed by atoms with E-state index in [9.17, 15) is 31.6 Å². The summed E-state index contributed by atoms with van der Waals surface area (Å²) < 4.78 is 57.7. The van der Waals surface area contributed by atoms with Crippen molar-refractivity contribution >= 4 is 39.1 Å². The maximum atomic E-state index is 13.8. The van der Waals surface area contributed by atoms with Crippen molar-refractivity contribution in [2.45, 2.75) is 75.2 Å². The summed E-state index contributed by atoms with van der Waals surface area (Å²) in [6.07, 6.45) is 8.50. The van der Waals surface area contributed by atoms with Gasteiger partial charge in [-0.3, -0.25) is 9.69 Å². The van der Waals surface area contributed by atoms with Crippen LogP contribution in [0.4, 0.5) is 25.0 Å². The molecule has 10 nitrogen and oxygen atoms in total. The number of urea groups is 1. The molecule has 0 bridgehead atoms. The van der Waals surface area contributed by atoms with Gasteiger partial charge in [0.05, 0.1) is 19.7 Å². The van der Waals surface area contributed by atoms with Gasteiger partial charge in [-0.25, -0.2) is 18.0 Å². The fraction of sp³-hybridized carbons (Fsp3) is 0.400. The molecule has 3 N–H and O–H groups in total. The molecule has 1 aliphatic carbocycles. The van der Waals surface area contributed by atoms with Crippen molar-refractivity contribution in [1.82, 2.24) is 5.32 Å². The molecule has 3 amide bonds. The maximum Gasteiger partial charge on any atom is 0.376 e. The zero-order valence-corrected chi connectivity index (χ0v) is 27.8. The van der Waals surface area contributed by atoms with Crippen molar-refractivity contribution in [2.24, 2.45) is 0 Å². The van der Waals surface area contributed by atoms with Crippen molar-refractivity contribution < 1.29 is 41.4 Å². The van der Waals surface area contributed by atoms with E-state index in [0.29, 0.717) is 23.8 Å². The first kappa shape index (κ1) is 36.3. The van der Waals surface area contributed by atoms with Crippen molar-refractivity contribution in [3.05, 3.63) is 83.4 Å². The van der Waals surface area contributed by atoms with Gasteiger partial charge in [0, 0.05) is 23.2 Å². The lowest BCUT2D eigenvalue weighted by molar-refractivity contribution is -0.163. The van der Waals surface area contributed by atoms with Crippen LogP contribution in [0, 0.1) is 0 Å². The molecule has 48 heavy (non-hydrogen) atoms. The number of carboxylic acids is 1. The lowest BCUT2D eigenvalue weighted by atomic mass is 9.84. The standard InChI is InChI=1S/C35H41F2N3O7S/c1-3-4-20-47-30-19-16-28(21-31(30)48(2,45)46)39-34(44)40(29-17-14-26(15-18-29)25-8-6-5-7-9-25)22-24-10-12-27(13-11-24)32(41)38-23-35(36,37)33(42)43/h10-19,21,25H,3-9,20,22-23H2,1-2H3,(H,38,41)(H,39,44)(H,42,43). The Morgan fingerprint density at radius 2 is 1.65 bits per heavy atom. The zero-order valence-electron chi connectivity index (χ0n) is 27.0.